The fraction of sp³-hybridized carbons (Fsp3) is 0.850. The molecule has 0 aromatic carbocycles. The first-order chi connectivity index (χ1) is 24.0. The van der Waals surface area contributed by atoms with E-state index in [2.05, 4.69) is 38.2 Å². The molecule has 0 spiro atoms. The number of allylic oxidation sites excluding steroid dienone is 4. The third-order valence-electron chi connectivity index (χ3n) is 8.91. The molecule has 0 bridgehead atoms. The van der Waals surface area contributed by atoms with Crippen molar-refractivity contribution in [2.45, 2.75) is 212 Å². The third-order valence-corrected chi connectivity index (χ3v) is 9.95. The van der Waals surface area contributed by atoms with Crippen molar-refractivity contribution in [3.63, 3.8) is 0 Å². The molecule has 0 aromatic rings. The van der Waals surface area contributed by atoms with Crippen LogP contribution in [-0.2, 0) is 23.6 Å². The van der Waals surface area contributed by atoms with Crippen LogP contribution in [-0.4, -0.2) is 40.1 Å². The Morgan fingerprint density at radius 2 is 0.920 bits per heavy atom. The molecule has 0 saturated carbocycles. The van der Waals surface area contributed by atoms with Gasteiger partial charge in [-0.15, -0.1) is 0 Å². The molecule has 0 radical (unpaired) electrons. The lowest BCUT2D eigenvalue weighted by Gasteiger charge is -2.24. The molecule has 0 rings (SSSR count). The number of alkyl halides is 2. The highest BCUT2D eigenvalue weighted by molar-refractivity contribution is 7.53. The number of halogens is 2. The van der Waals surface area contributed by atoms with Crippen LogP contribution in [0.15, 0.2) is 24.3 Å². The van der Waals surface area contributed by atoms with Crippen LogP contribution in [0.4, 0.5) is 8.78 Å². The summed E-state index contributed by atoms with van der Waals surface area (Å²) in [5.41, 5.74) is -4.41. The average molecular weight is 735 g/mol. The largest absolute Gasteiger partial charge is 0.462 e. The lowest BCUT2D eigenvalue weighted by molar-refractivity contribution is -0.162. The minimum atomic E-state index is -5.79. The van der Waals surface area contributed by atoms with Crippen molar-refractivity contribution in [2.24, 2.45) is 0 Å². The lowest BCUT2D eigenvalue weighted by atomic mass is 10.1. The summed E-state index contributed by atoms with van der Waals surface area (Å²) in [6.45, 7) is 3.78. The normalized spacial score (nSPS) is 13.0. The van der Waals surface area contributed by atoms with Gasteiger partial charge < -0.3 is 19.3 Å². The number of carbonyl (C=O) groups excluding carboxylic acids is 2. The molecule has 0 amide bonds. The Hall–Kier alpha value is -1.57. The van der Waals surface area contributed by atoms with Gasteiger partial charge in [0.1, 0.15) is 12.7 Å². The van der Waals surface area contributed by atoms with Gasteiger partial charge in [0.15, 0.2) is 0 Å². The monoisotopic (exact) mass is 735 g/mol. The highest BCUT2D eigenvalue weighted by atomic mass is 31.2. The fourth-order valence-electron chi connectivity index (χ4n) is 5.71. The number of hydrogen-bond donors (Lipinski definition) is 2. The minimum absolute atomic E-state index is 0.000988. The van der Waals surface area contributed by atoms with Crippen LogP contribution in [0.5, 0.6) is 0 Å². The van der Waals surface area contributed by atoms with E-state index in [9.17, 15) is 22.9 Å². The number of esters is 2. The maximum Gasteiger partial charge on any atom is 0.394 e. The van der Waals surface area contributed by atoms with Crippen LogP contribution in [0.2, 0.25) is 0 Å². The third kappa shape index (κ3) is 31.2. The number of ether oxygens (including phenoxy) is 2. The van der Waals surface area contributed by atoms with Crippen molar-refractivity contribution in [2.75, 3.05) is 6.61 Å². The number of hydrogen-bond acceptors (Lipinski definition) is 5. The molecule has 0 heterocycles. The van der Waals surface area contributed by atoms with Gasteiger partial charge in [0.25, 0.3) is 0 Å². The molecule has 7 nitrogen and oxygen atoms in total. The van der Waals surface area contributed by atoms with Crippen LogP contribution >= 0.6 is 7.60 Å². The van der Waals surface area contributed by atoms with Crippen molar-refractivity contribution in [3.8, 4) is 0 Å². The van der Waals surface area contributed by atoms with E-state index >= 15 is 0 Å². The van der Waals surface area contributed by atoms with Crippen LogP contribution in [0.3, 0.4) is 0 Å². The van der Waals surface area contributed by atoms with E-state index in [0.29, 0.717) is 12.8 Å². The Balaban J connectivity index is 4.20. The first kappa shape index (κ1) is 48.4. The molecule has 0 aromatic heterocycles. The van der Waals surface area contributed by atoms with Gasteiger partial charge in [-0.25, -0.2) is 0 Å². The van der Waals surface area contributed by atoms with Gasteiger partial charge in [-0.1, -0.05) is 141 Å². The molecule has 0 aliphatic carbocycles. The van der Waals surface area contributed by atoms with Gasteiger partial charge in [-0.2, -0.15) is 8.78 Å². The summed E-state index contributed by atoms with van der Waals surface area (Å²) in [7, 11) is -5.79. The molecule has 294 valence electrons. The zero-order valence-electron chi connectivity index (χ0n) is 31.7. The second-order valence-electron chi connectivity index (χ2n) is 13.9. The topological polar surface area (TPSA) is 110 Å². The Kier molecular flexibility index (Phi) is 32.2. The van der Waals surface area contributed by atoms with E-state index in [1.807, 2.05) is 0 Å². The highest BCUT2D eigenvalue weighted by Crippen LogP contribution is 2.55. The summed E-state index contributed by atoms with van der Waals surface area (Å²) in [5, 5.41) is 0. The molecule has 10 heteroatoms. The van der Waals surface area contributed by atoms with Gasteiger partial charge in [0.05, 0.1) is 6.42 Å². The Morgan fingerprint density at radius 1 is 0.580 bits per heavy atom. The average Bonchev–Trinajstić information content (AvgIpc) is 3.06. The number of rotatable bonds is 36. The molecule has 0 aliphatic rings. The van der Waals surface area contributed by atoms with Gasteiger partial charge in [-0.3, -0.25) is 14.2 Å². The SMILES string of the molecule is CCCCCCCC/C=C/CCCCCCCC(=O)OC[C@@H](CC(F)(F)P(=O)(O)O)OC(=O)CCCCCCC/C=C/CCCCCCCC. The summed E-state index contributed by atoms with van der Waals surface area (Å²) in [4.78, 5) is 42.8. The minimum Gasteiger partial charge on any atom is -0.462 e. The van der Waals surface area contributed by atoms with Crippen molar-refractivity contribution < 1.29 is 42.2 Å². The van der Waals surface area contributed by atoms with E-state index in [-0.39, 0.29) is 12.8 Å². The van der Waals surface area contributed by atoms with Gasteiger partial charge >= 0.3 is 25.2 Å². The second-order valence-corrected chi connectivity index (χ2v) is 15.6. The van der Waals surface area contributed by atoms with Crippen LogP contribution in [0, 0.1) is 0 Å². The van der Waals surface area contributed by atoms with E-state index in [0.717, 1.165) is 77.0 Å². The van der Waals surface area contributed by atoms with Gasteiger partial charge in [0.2, 0.25) is 0 Å². The molecule has 2 N–H and O–H groups in total. The first-order valence-electron chi connectivity index (χ1n) is 20.1. The second kappa shape index (κ2) is 33.3. The maximum atomic E-state index is 14.2. The summed E-state index contributed by atoms with van der Waals surface area (Å²) in [5.74, 6) is -1.36. The van der Waals surface area contributed by atoms with Crippen molar-refractivity contribution in [1.82, 2.24) is 0 Å². The maximum absolute atomic E-state index is 14.2. The summed E-state index contributed by atoms with van der Waals surface area (Å²) < 4.78 is 49.8. The number of unbranched alkanes of at least 4 members (excludes halogenated alkanes) is 22. The Labute approximate surface area is 304 Å². The van der Waals surface area contributed by atoms with Gasteiger partial charge in [0, 0.05) is 12.8 Å². The predicted octanol–water partition coefficient (Wildman–Crippen LogP) is 12.7. The van der Waals surface area contributed by atoms with E-state index in [1.165, 1.54) is 77.0 Å². The summed E-state index contributed by atoms with van der Waals surface area (Å²) >= 11 is 0. The molecule has 0 aliphatic heterocycles. The molecule has 50 heavy (non-hydrogen) atoms. The number of carbonyl (C=O) groups is 2. The highest BCUT2D eigenvalue weighted by Gasteiger charge is 2.51. The van der Waals surface area contributed by atoms with Crippen LogP contribution in [0.25, 0.3) is 0 Å². The zero-order valence-corrected chi connectivity index (χ0v) is 32.6. The van der Waals surface area contributed by atoms with Crippen LogP contribution < -0.4 is 0 Å². The summed E-state index contributed by atoms with van der Waals surface area (Å²) in [6.07, 6.45) is 34.9. The Morgan fingerprint density at radius 3 is 1.30 bits per heavy atom. The Bertz CT molecular complexity index is 919. The lowest BCUT2D eigenvalue weighted by Crippen LogP contribution is -2.32. The smallest absolute Gasteiger partial charge is 0.394 e. The van der Waals surface area contributed by atoms with Crippen molar-refractivity contribution >= 4 is 19.5 Å². The van der Waals surface area contributed by atoms with Crippen LogP contribution in [0.1, 0.15) is 200 Å². The van der Waals surface area contributed by atoms with E-state index in [1.54, 1.807) is 0 Å². The first-order valence-corrected chi connectivity index (χ1v) is 21.7. The fourth-order valence-corrected chi connectivity index (χ4v) is 6.15. The molecular formula is C40H73F2O7P. The molecular weight excluding hydrogens is 661 g/mol. The van der Waals surface area contributed by atoms with Gasteiger partial charge in [-0.05, 0) is 64.2 Å². The molecule has 0 unspecified atom stereocenters. The molecule has 1 atom stereocenters. The predicted molar refractivity (Wildman–Crippen MR) is 201 cm³/mol. The van der Waals surface area contributed by atoms with Crippen molar-refractivity contribution in [1.29, 1.82) is 0 Å². The zero-order chi connectivity index (χ0) is 37.2. The summed E-state index contributed by atoms with van der Waals surface area (Å²) in [6, 6.07) is 0. The molecule has 0 fully saturated rings. The quantitative estimate of drug-likeness (QED) is 0.0285. The van der Waals surface area contributed by atoms with Crippen molar-refractivity contribution in [3.05, 3.63) is 24.3 Å². The standard InChI is InChI=1S/C40H73F2O7P/c1-3-5-7-9-11-13-15-17-19-21-23-25-27-29-31-33-38(43)48-36-37(35-40(41,42)50(45,46)47)49-39(44)34-32-30-28-26-24-22-20-18-16-14-12-10-8-6-4-2/h17-20,37H,3-16,21-36H2,1-2H3,(H2,45,46,47)/b19-17+,20-18+/t37-/m1/s1. The van der Waals surface area contributed by atoms with E-state index in [4.69, 9.17) is 19.3 Å². The molecule has 0 saturated heterocycles. The van der Waals surface area contributed by atoms with E-state index < -0.39 is 44.3 Å².